The average Bonchev–Trinajstić information content (AvgIpc) is 3.24. The van der Waals surface area contributed by atoms with Crippen LogP contribution in [0.2, 0.25) is 0 Å². The zero-order valence-corrected chi connectivity index (χ0v) is 21.8. The Bertz CT molecular complexity index is 1470. The maximum atomic E-state index is 14.8. The molecule has 202 valence electrons. The monoisotopic (exact) mass is 548 g/mol. The van der Waals surface area contributed by atoms with Gasteiger partial charge in [-0.05, 0) is 55.7 Å². The van der Waals surface area contributed by atoms with Gasteiger partial charge in [0.15, 0.2) is 11.6 Å². The van der Waals surface area contributed by atoms with Crippen molar-refractivity contribution in [3.05, 3.63) is 65.1 Å². The van der Waals surface area contributed by atoms with Crippen LogP contribution in [0, 0.1) is 12.7 Å². The van der Waals surface area contributed by atoms with Crippen molar-refractivity contribution in [1.29, 1.82) is 0 Å². The van der Waals surface area contributed by atoms with E-state index in [1.165, 1.54) is 6.92 Å². The quantitative estimate of drug-likeness (QED) is 0.358. The Morgan fingerprint density at radius 3 is 2.61 bits per heavy atom. The standard InChI is InChI=1S/C25H27F3N6O3S/c1-4-34(38(36,37)5-2)21-10-15(3)6-7-17(21)14-33(24(27)28)23-19(26)13-29-25(32-23)30-18-9-8-16-11-22(35)31-20(16)12-18/h6-10,12-13,24H,4-5,11,14H2,1-3H3,(H,31,35)(H,29,30,32). The molecule has 1 aliphatic heterocycles. The first kappa shape index (κ1) is 27.2. The third-order valence-corrected chi connectivity index (χ3v) is 7.92. The van der Waals surface area contributed by atoms with Crippen LogP contribution in [0.15, 0.2) is 42.6 Å². The summed E-state index contributed by atoms with van der Waals surface area (Å²) in [5, 5.41) is 5.56. The molecule has 0 spiro atoms. The molecule has 3 aromatic rings. The van der Waals surface area contributed by atoms with E-state index in [1.807, 2.05) is 0 Å². The Balaban J connectivity index is 1.67. The molecule has 4 rings (SSSR count). The number of alkyl halides is 2. The average molecular weight is 549 g/mol. The summed E-state index contributed by atoms with van der Waals surface area (Å²) in [5.74, 6) is -2.17. The van der Waals surface area contributed by atoms with Crippen LogP contribution < -0.4 is 19.8 Å². The van der Waals surface area contributed by atoms with Crippen molar-refractivity contribution in [1.82, 2.24) is 9.97 Å². The largest absolute Gasteiger partial charge is 0.325 e. The van der Waals surface area contributed by atoms with Crippen LogP contribution in [0.5, 0.6) is 0 Å². The van der Waals surface area contributed by atoms with Gasteiger partial charge in [-0.3, -0.25) is 14.0 Å². The number of nitrogens with one attached hydrogen (secondary N) is 2. The van der Waals surface area contributed by atoms with Gasteiger partial charge in [0.05, 0.1) is 30.6 Å². The predicted molar refractivity (Wildman–Crippen MR) is 140 cm³/mol. The SMILES string of the molecule is CCN(c1cc(C)ccc1CN(c1nc(Nc2ccc3c(c2)NC(=O)C3)ncc1F)C(F)F)S(=O)(=O)CC. The highest BCUT2D eigenvalue weighted by Crippen LogP contribution is 2.31. The molecule has 1 aliphatic rings. The summed E-state index contributed by atoms with van der Waals surface area (Å²) in [7, 11) is -3.69. The number of aryl methyl sites for hydroxylation is 1. The number of halogens is 3. The van der Waals surface area contributed by atoms with Crippen LogP contribution in [-0.4, -0.2) is 43.1 Å². The maximum absolute atomic E-state index is 14.8. The molecular weight excluding hydrogens is 521 g/mol. The van der Waals surface area contributed by atoms with Crippen molar-refractivity contribution in [2.75, 3.05) is 32.1 Å². The number of hydrogen-bond donors (Lipinski definition) is 2. The van der Waals surface area contributed by atoms with Crippen molar-refractivity contribution in [3.63, 3.8) is 0 Å². The number of rotatable bonds is 10. The third kappa shape index (κ3) is 5.67. The van der Waals surface area contributed by atoms with Gasteiger partial charge in [-0.2, -0.15) is 13.8 Å². The predicted octanol–water partition coefficient (Wildman–Crippen LogP) is 4.57. The number of anilines is 5. The first-order valence-electron chi connectivity index (χ1n) is 11.9. The molecule has 0 atom stereocenters. The molecule has 0 bridgehead atoms. The van der Waals surface area contributed by atoms with E-state index in [1.54, 1.807) is 50.2 Å². The number of fused-ring (bicyclic) bond motifs is 1. The van der Waals surface area contributed by atoms with Crippen LogP contribution in [-0.2, 0) is 27.8 Å². The number of sulfonamides is 1. The molecule has 0 radical (unpaired) electrons. The Hall–Kier alpha value is -3.87. The van der Waals surface area contributed by atoms with Crippen molar-refractivity contribution in [2.45, 2.75) is 40.3 Å². The van der Waals surface area contributed by atoms with E-state index in [0.717, 1.165) is 21.6 Å². The highest BCUT2D eigenvalue weighted by Gasteiger charge is 2.27. The van der Waals surface area contributed by atoms with E-state index < -0.39 is 34.8 Å². The number of carbonyl (C=O) groups is 1. The van der Waals surface area contributed by atoms with Gasteiger partial charge in [0.1, 0.15) is 0 Å². The molecule has 38 heavy (non-hydrogen) atoms. The van der Waals surface area contributed by atoms with Crippen molar-refractivity contribution >= 4 is 44.8 Å². The fourth-order valence-electron chi connectivity index (χ4n) is 4.17. The number of benzene rings is 2. The van der Waals surface area contributed by atoms with Crippen LogP contribution in [0.3, 0.4) is 0 Å². The molecule has 0 aliphatic carbocycles. The number of amides is 1. The van der Waals surface area contributed by atoms with E-state index in [2.05, 4.69) is 20.6 Å². The summed E-state index contributed by atoms with van der Waals surface area (Å²) in [5.41, 5.74) is 3.12. The lowest BCUT2D eigenvalue weighted by molar-refractivity contribution is -0.115. The minimum absolute atomic E-state index is 0.0957. The van der Waals surface area contributed by atoms with E-state index in [-0.39, 0.29) is 41.8 Å². The smallest absolute Gasteiger partial charge is 0.316 e. The van der Waals surface area contributed by atoms with Crippen molar-refractivity contribution < 1.29 is 26.4 Å². The van der Waals surface area contributed by atoms with E-state index in [4.69, 9.17) is 0 Å². The normalized spacial score (nSPS) is 12.9. The minimum atomic E-state index is -3.69. The molecule has 13 heteroatoms. The molecule has 0 saturated carbocycles. The molecule has 2 heterocycles. The van der Waals surface area contributed by atoms with E-state index in [9.17, 15) is 26.4 Å². The van der Waals surface area contributed by atoms with Crippen LogP contribution >= 0.6 is 0 Å². The Kier molecular flexibility index (Phi) is 7.76. The minimum Gasteiger partial charge on any atom is -0.325 e. The van der Waals surface area contributed by atoms with Crippen LogP contribution in [0.1, 0.15) is 30.5 Å². The lowest BCUT2D eigenvalue weighted by Crippen LogP contribution is -2.35. The number of aromatic nitrogens is 2. The van der Waals surface area contributed by atoms with E-state index in [0.29, 0.717) is 16.3 Å². The molecule has 2 N–H and O–H groups in total. The second-order valence-corrected chi connectivity index (χ2v) is 10.9. The zero-order chi connectivity index (χ0) is 27.6. The molecular formula is C25H27F3N6O3S. The summed E-state index contributed by atoms with van der Waals surface area (Å²) in [6.07, 6.45) is 1.04. The topological polar surface area (TPSA) is 108 Å². The van der Waals surface area contributed by atoms with Gasteiger partial charge in [-0.1, -0.05) is 18.2 Å². The molecule has 0 unspecified atom stereocenters. The first-order valence-corrected chi connectivity index (χ1v) is 13.5. The second-order valence-electron chi connectivity index (χ2n) is 8.69. The van der Waals surface area contributed by atoms with Gasteiger partial charge in [0, 0.05) is 17.9 Å². The Labute approximate surface area is 218 Å². The Morgan fingerprint density at radius 2 is 1.92 bits per heavy atom. The fourth-order valence-corrected chi connectivity index (χ4v) is 5.35. The third-order valence-electron chi connectivity index (χ3n) is 6.06. The highest BCUT2D eigenvalue weighted by atomic mass is 32.2. The van der Waals surface area contributed by atoms with E-state index >= 15 is 0 Å². The summed E-state index contributed by atoms with van der Waals surface area (Å²) < 4.78 is 69.9. The molecule has 2 aromatic carbocycles. The summed E-state index contributed by atoms with van der Waals surface area (Å²) in [4.78, 5) is 19.9. The van der Waals surface area contributed by atoms with Gasteiger partial charge in [0.2, 0.25) is 21.9 Å². The van der Waals surface area contributed by atoms with Crippen molar-refractivity contribution in [2.24, 2.45) is 0 Å². The summed E-state index contributed by atoms with van der Waals surface area (Å²) in [6, 6.07) is 9.86. The van der Waals surface area contributed by atoms with Crippen LogP contribution in [0.4, 0.5) is 42.0 Å². The molecule has 0 fully saturated rings. The first-order chi connectivity index (χ1) is 18.0. The highest BCUT2D eigenvalue weighted by molar-refractivity contribution is 7.92. The van der Waals surface area contributed by atoms with Gasteiger partial charge in [-0.15, -0.1) is 0 Å². The number of nitrogens with zero attached hydrogens (tertiary/aromatic N) is 4. The molecule has 1 amide bonds. The lowest BCUT2D eigenvalue weighted by Gasteiger charge is -2.29. The molecule has 1 aromatic heterocycles. The second kappa shape index (κ2) is 10.9. The van der Waals surface area contributed by atoms with Crippen molar-refractivity contribution in [3.8, 4) is 0 Å². The fraction of sp³-hybridized carbons (Fsp3) is 0.320. The summed E-state index contributed by atoms with van der Waals surface area (Å²) in [6.45, 7) is 1.33. The summed E-state index contributed by atoms with van der Waals surface area (Å²) >= 11 is 0. The van der Waals surface area contributed by atoms with Crippen LogP contribution in [0.25, 0.3) is 0 Å². The number of hydrogen-bond acceptors (Lipinski definition) is 7. The number of carbonyl (C=O) groups excluding carboxylic acids is 1. The van der Waals surface area contributed by atoms with Gasteiger partial charge in [0.25, 0.3) is 0 Å². The molecule has 0 saturated heterocycles. The van der Waals surface area contributed by atoms with Gasteiger partial charge in [-0.25, -0.2) is 17.8 Å². The maximum Gasteiger partial charge on any atom is 0.316 e. The van der Waals surface area contributed by atoms with Gasteiger partial charge < -0.3 is 10.6 Å². The molecule has 9 nitrogen and oxygen atoms in total. The zero-order valence-electron chi connectivity index (χ0n) is 21.0. The Morgan fingerprint density at radius 1 is 1.16 bits per heavy atom. The lowest BCUT2D eigenvalue weighted by atomic mass is 10.1. The van der Waals surface area contributed by atoms with Gasteiger partial charge >= 0.3 is 6.55 Å².